The predicted molar refractivity (Wildman–Crippen MR) is 77.3 cm³/mol. The summed E-state index contributed by atoms with van der Waals surface area (Å²) in [4.78, 5) is 4.45. The smallest absolute Gasteiger partial charge is 0.202 e. The van der Waals surface area contributed by atoms with E-state index in [-0.39, 0.29) is 0 Å². The van der Waals surface area contributed by atoms with Gasteiger partial charge in [0.2, 0.25) is 5.13 Å². The monoisotopic (exact) mass is 261 g/mol. The van der Waals surface area contributed by atoms with Crippen molar-refractivity contribution in [2.24, 2.45) is 0 Å². The van der Waals surface area contributed by atoms with Gasteiger partial charge in [-0.25, -0.2) is 4.98 Å². The van der Waals surface area contributed by atoms with E-state index in [9.17, 15) is 0 Å². The highest BCUT2D eigenvalue weighted by molar-refractivity contribution is 7.09. The molecule has 0 bridgehead atoms. The van der Waals surface area contributed by atoms with Crippen molar-refractivity contribution in [3.05, 3.63) is 41.2 Å². The Hall–Kier alpha value is -1.42. The maximum absolute atomic E-state index is 4.45. The van der Waals surface area contributed by atoms with Crippen LogP contribution in [0.1, 0.15) is 30.3 Å². The largest absolute Gasteiger partial charge is 0.360 e. The second kappa shape index (κ2) is 6.50. The van der Waals surface area contributed by atoms with E-state index >= 15 is 0 Å². The maximum atomic E-state index is 4.45. The summed E-state index contributed by atoms with van der Waals surface area (Å²) in [6.45, 7) is 5.18. The van der Waals surface area contributed by atoms with Crippen LogP contribution < -0.4 is 5.32 Å². The molecule has 2 rings (SSSR count). The molecule has 0 radical (unpaired) electrons. The van der Waals surface area contributed by atoms with Gasteiger partial charge in [0.1, 0.15) is 5.82 Å². The zero-order chi connectivity index (χ0) is 12.8. The molecule has 0 unspecified atom stereocenters. The molecular formula is C14H19N3S. The molecule has 2 aromatic rings. The van der Waals surface area contributed by atoms with Gasteiger partial charge in [-0.05, 0) is 25.3 Å². The van der Waals surface area contributed by atoms with Crippen LogP contribution in [-0.4, -0.2) is 15.9 Å². The second-order valence-corrected chi connectivity index (χ2v) is 5.18. The lowest BCUT2D eigenvalue weighted by molar-refractivity contribution is 0.860. The van der Waals surface area contributed by atoms with Crippen LogP contribution in [0.5, 0.6) is 0 Å². The lowest BCUT2D eigenvalue weighted by Gasteiger charge is -2.03. The Morgan fingerprint density at radius 3 is 2.94 bits per heavy atom. The molecule has 3 nitrogen and oxygen atoms in total. The van der Waals surface area contributed by atoms with Crippen molar-refractivity contribution >= 4 is 16.7 Å². The van der Waals surface area contributed by atoms with E-state index in [1.54, 1.807) is 0 Å². The lowest BCUT2D eigenvalue weighted by atomic mass is 10.1. The van der Waals surface area contributed by atoms with Crippen LogP contribution in [0.3, 0.4) is 0 Å². The standard InChI is InChI=1S/C14H19N3S/c1-3-5-13-16-14(18-17-13)15-9-8-12-7-4-6-11(2)10-12/h4,6-7,10H,3,5,8-9H2,1-2H3,(H,15,16,17). The van der Waals surface area contributed by atoms with Gasteiger partial charge in [0.15, 0.2) is 0 Å². The van der Waals surface area contributed by atoms with E-state index in [0.717, 1.165) is 36.8 Å². The van der Waals surface area contributed by atoms with Gasteiger partial charge in [0.25, 0.3) is 0 Å². The van der Waals surface area contributed by atoms with E-state index in [4.69, 9.17) is 0 Å². The summed E-state index contributed by atoms with van der Waals surface area (Å²) in [5.41, 5.74) is 2.68. The molecule has 0 amide bonds. The van der Waals surface area contributed by atoms with E-state index in [0.29, 0.717) is 0 Å². The predicted octanol–water partition coefficient (Wildman–Crippen LogP) is 3.45. The number of nitrogens with one attached hydrogen (secondary N) is 1. The summed E-state index contributed by atoms with van der Waals surface area (Å²) in [6, 6.07) is 8.62. The first-order chi connectivity index (χ1) is 8.78. The number of aromatic nitrogens is 2. The average molecular weight is 261 g/mol. The number of benzene rings is 1. The molecule has 0 saturated heterocycles. The fraction of sp³-hybridized carbons (Fsp3) is 0.429. The Balaban J connectivity index is 1.81. The molecule has 96 valence electrons. The minimum atomic E-state index is 0.907. The molecule has 1 aromatic heterocycles. The quantitative estimate of drug-likeness (QED) is 0.865. The van der Waals surface area contributed by atoms with E-state index < -0.39 is 0 Å². The highest BCUT2D eigenvalue weighted by Gasteiger charge is 2.02. The van der Waals surface area contributed by atoms with Crippen molar-refractivity contribution in [2.45, 2.75) is 33.1 Å². The first kappa shape index (κ1) is 13.0. The SMILES string of the molecule is CCCc1nsc(NCCc2cccc(C)c2)n1. The molecule has 1 aromatic carbocycles. The van der Waals surface area contributed by atoms with Crippen molar-refractivity contribution in [2.75, 3.05) is 11.9 Å². The summed E-state index contributed by atoms with van der Waals surface area (Å²) in [5.74, 6) is 0.959. The van der Waals surface area contributed by atoms with Gasteiger partial charge >= 0.3 is 0 Å². The Morgan fingerprint density at radius 2 is 2.17 bits per heavy atom. The molecule has 0 aliphatic heterocycles. The number of hydrogen-bond donors (Lipinski definition) is 1. The molecule has 1 N–H and O–H groups in total. The van der Waals surface area contributed by atoms with Gasteiger partial charge in [-0.2, -0.15) is 4.37 Å². The fourth-order valence-corrected chi connectivity index (χ4v) is 2.47. The summed E-state index contributed by atoms with van der Waals surface area (Å²) in [6.07, 6.45) is 3.08. The van der Waals surface area contributed by atoms with Gasteiger partial charge in [-0.3, -0.25) is 0 Å². The summed E-state index contributed by atoms with van der Waals surface area (Å²) >= 11 is 1.46. The van der Waals surface area contributed by atoms with Crippen molar-refractivity contribution in [3.63, 3.8) is 0 Å². The van der Waals surface area contributed by atoms with Crippen molar-refractivity contribution in [3.8, 4) is 0 Å². The van der Waals surface area contributed by atoms with Crippen molar-refractivity contribution in [1.29, 1.82) is 0 Å². The molecule has 0 fully saturated rings. The normalized spacial score (nSPS) is 10.6. The molecule has 0 aliphatic rings. The Labute approximate surface area is 112 Å². The molecular weight excluding hydrogens is 242 g/mol. The third-order valence-corrected chi connectivity index (χ3v) is 3.42. The Kier molecular flexibility index (Phi) is 4.70. The van der Waals surface area contributed by atoms with Crippen LogP contribution in [0, 0.1) is 6.92 Å². The topological polar surface area (TPSA) is 37.8 Å². The molecule has 0 aliphatic carbocycles. The fourth-order valence-electron chi connectivity index (χ4n) is 1.83. The van der Waals surface area contributed by atoms with Gasteiger partial charge in [-0.1, -0.05) is 36.8 Å². The summed E-state index contributed by atoms with van der Waals surface area (Å²) < 4.78 is 4.31. The first-order valence-corrected chi connectivity index (χ1v) is 7.17. The third-order valence-electron chi connectivity index (χ3n) is 2.71. The highest BCUT2D eigenvalue weighted by atomic mass is 32.1. The lowest BCUT2D eigenvalue weighted by Crippen LogP contribution is -2.04. The number of nitrogens with zero attached hydrogens (tertiary/aromatic N) is 2. The van der Waals surface area contributed by atoms with Crippen molar-refractivity contribution in [1.82, 2.24) is 9.36 Å². The van der Waals surface area contributed by atoms with E-state index in [1.807, 2.05) is 0 Å². The molecule has 0 spiro atoms. The second-order valence-electron chi connectivity index (χ2n) is 4.43. The number of rotatable bonds is 6. The molecule has 0 atom stereocenters. The minimum absolute atomic E-state index is 0.907. The maximum Gasteiger partial charge on any atom is 0.202 e. The van der Waals surface area contributed by atoms with Crippen LogP contribution in [0.25, 0.3) is 0 Å². The van der Waals surface area contributed by atoms with Crippen LogP contribution in [0.2, 0.25) is 0 Å². The molecule has 0 saturated carbocycles. The van der Waals surface area contributed by atoms with Crippen LogP contribution in [-0.2, 0) is 12.8 Å². The molecule has 18 heavy (non-hydrogen) atoms. The molecule has 4 heteroatoms. The van der Waals surface area contributed by atoms with Crippen molar-refractivity contribution < 1.29 is 0 Å². The number of anilines is 1. The zero-order valence-corrected chi connectivity index (χ0v) is 11.8. The van der Waals surface area contributed by atoms with Gasteiger partial charge in [-0.15, -0.1) is 0 Å². The zero-order valence-electron chi connectivity index (χ0n) is 10.9. The van der Waals surface area contributed by atoms with E-state index in [1.165, 1.54) is 22.7 Å². The number of aryl methyl sites for hydroxylation is 2. The van der Waals surface area contributed by atoms with Gasteiger partial charge in [0.05, 0.1) is 0 Å². The van der Waals surface area contributed by atoms with E-state index in [2.05, 4.69) is 52.8 Å². The summed E-state index contributed by atoms with van der Waals surface area (Å²) in [5, 5.41) is 4.27. The van der Waals surface area contributed by atoms with Crippen LogP contribution in [0.15, 0.2) is 24.3 Å². The number of hydrogen-bond acceptors (Lipinski definition) is 4. The van der Waals surface area contributed by atoms with Crippen LogP contribution in [0.4, 0.5) is 5.13 Å². The van der Waals surface area contributed by atoms with Gasteiger partial charge in [0, 0.05) is 24.5 Å². The third kappa shape index (κ3) is 3.81. The Morgan fingerprint density at radius 1 is 1.28 bits per heavy atom. The minimum Gasteiger partial charge on any atom is -0.360 e. The van der Waals surface area contributed by atoms with Crippen LogP contribution >= 0.6 is 11.5 Å². The molecule has 1 heterocycles. The highest BCUT2D eigenvalue weighted by Crippen LogP contribution is 2.12. The summed E-state index contributed by atoms with van der Waals surface area (Å²) in [7, 11) is 0. The average Bonchev–Trinajstić information content (AvgIpc) is 2.78. The Bertz CT molecular complexity index is 493. The first-order valence-electron chi connectivity index (χ1n) is 6.40. The van der Waals surface area contributed by atoms with Gasteiger partial charge < -0.3 is 5.32 Å².